The molecule has 0 amide bonds. The average molecular weight is 338 g/mol. The van der Waals surface area contributed by atoms with Crippen LogP contribution in [0.15, 0.2) is 12.4 Å². The van der Waals surface area contributed by atoms with Crippen molar-refractivity contribution in [3.05, 3.63) is 16.0 Å². The normalized spacial score (nSPS) is 18.3. The third kappa shape index (κ3) is 3.17. The van der Waals surface area contributed by atoms with Crippen molar-refractivity contribution in [2.75, 3.05) is 11.9 Å². The lowest BCUT2D eigenvalue weighted by Gasteiger charge is -2.29. The van der Waals surface area contributed by atoms with Crippen LogP contribution in [0.3, 0.4) is 0 Å². The predicted molar refractivity (Wildman–Crippen MR) is 70.2 cm³/mol. The molecule has 1 aromatic heterocycles. The number of aromatic nitrogens is 2. The van der Waals surface area contributed by atoms with E-state index in [4.69, 9.17) is 11.6 Å². The molecule has 1 heterocycles. The molecule has 1 unspecified atom stereocenters. The first-order valence-electron chi connectivity index (χ1n) is 5.11. The predicted octanol–water partition coefficient (Wildman–Crippen LogP) is 2.90. The zero-order chi connectivity index (χ0) is 10.7. The van der Waals surface area contributed by atoms with Gasteiger partial charge in [0.05, 0.1) is 5.38 Å². The van der Waals surface area contributed by atoms with Gasteiger partial charge in [-0.1, -0.05) is 6.42 Å². The number of hydrogen-bond donors (Lipinski definition) is 1. The summed E-state index contributed by atoms with van der Waals surface area (Å²) >= 11 is 8.43. The van der Waals surface area contributed by atoms with Crippen molar-refractivity contribution in [2.45, 2.75) is 24.6 Å². The van der Waals surface area contributed by atoms with E-state index in [-0.39, 0.29) is 5.38 Å². The summed E-state index contributed by atoms with van der Waals surface area (Å²) in [5.41, 5.74) is 0. The summed E-state index contributed by atoms with van der Waals surface area (Å²) in [6.45, 7) is 0.757. The molecule has 2 rings (SSSR count). The van der Waals surface area contributed by atoms with Gasteiger partial charge in [-0.25, -0.2) is 9.97 Å². The Morgan fingerprint density at radius 1 is 1.47 bits per heavy atom. The lowest BCUT2D eigenvalue weighted by molar-refractivity contribution is 0.308. The first-order valence-corrected chi connectivity index (χ1v) is 6.62. The SMILES string of the molecule is ClC(CNc1ncc(I)cn1)C1CCC1. The highest BCUT2D eigenvalue weighted by Gasteiger charge is 2.25. The largest absolute Gasteiger partial charge is 0.353 e. The number of hydrogen-bond acceptors (Lipinski definition) is 3. The van der Waals surface area contributed by atoms with Crippen molar-refractivity contribution in [3.8, 4) is 0 Å². The molecule has 1 aromatic rings. The van der Waals surface area contributed by atoms with E-state index < -0.39 is 0 Å². The summed E-state index contributed by atoms with van der Waals surface area (Å²) in [5.74, 6) is 1.35. The summed E-state index contributed by atoms with van der Waals surface area (Å²) in [5, 5.41) is 3.37. The Bertz CT molecular complexity index is 313. The van der Waals surface area contributed by atoms with Crippen LogP contribution in [0.1, 0.15) is 19.3 Å². The third-order valence-corrected chi connectivity index (χ3v) is 3.80. The number of nitrogens with zero attached hydrogens (tertiary/aromatic N) is 2. The smallest absolute Gasteiger partial charge is 0.222 e. The van der Waals surface area contributed by atoms with E-state index >= 15 is 0 Å². The Morgan fingerprint density at radius 3 is 2.67 bits per heavy atom. The van der Waals surface area contributed by atoms with E-state index in [1.807, 2.05) is 0 Å². The molecule has 0 aromatic carbocycles. The molecule has 1 fully saturated rings. The average Bonchev–Trinajstić information content (AvgIpc) is 2.14. The summed E-state index contributed by atoms with van der Waals surface area (Å²) < 4.78 is 1.04. The topological polar surface area (TPSA) is 37.8 Å². The summed E-state index contributed by atoms with van der Waals surface area (Å²) in [4.78, 5) is 8.33. The fourth-order valence-corrected chi connectivity index (χ4v) is 2.17. The Kier molecular flexibility index (Phi) is 4.02. The van der Waals surface area contributed by atoms with Gasteiger partial charge in [-0.3, -0.25) is 0 Å². The van der Waals surface area contributed by atoms with Crippen LogP contribution < -0.4 is 5.32 Å². The maximum Gasteiger partial charge on any atom is 0.222 e. The Labute approximate surface area is 108 Å². The molecule has 15 heavy (non-hydrogen) atoms. The van der Waals surface area contributed by atoms with Gasteiger partial charge in [-0.05, 0) is 41.4 Å². The molecule has 1 aliphatic carbocycles. The number of alkyl halides is 1. The molecule has 82 valence electrons. The van der Waals surface area contributed by atoms with E-state index in [2.05, 4.69) is 37.9 Å². The van der Waals surface area contributed by atoms with Gasteiger partial charge in [0.15, 0.2) is 0 Å². The van der Waals surface area contributed by atoms with Crippen LogP contribution in [0.2, 0.25) is 0 Å². The van der Waals surface area contributed by atoms with E-state index in [1.165, 1.54) is 19.3 Å². The van der Waals surface area contributed by atoms with E-state index in [9.17, 15) is 0 Å². The molecule has 0 saturated heterocycles. The fraction of sp³-hybridized carbons (Fsp3) is 0.600. The molecule has 3 nitrogen and oxygen atoms in total. The fourth-order valence-electron chi connectivity index (χ4n) is 1.56. The molecule has 1 aliphatic rings. The molecular weight excluding hydrogens is 324 g/mol. The van der Waals surface area contributed by atoms with Gasteiger partial charge >= 0.3 is 0 Å². The third-order valence-electron chi connectivity index (χ3n) is 2.74. The molecule has 0 aliphatic heterocycles. The van der Waals surface area contributed by atoms with Crippen LogP contribution >= 0.6 is 34.2 Å². The van der Waals surface area contributed by atoms with Crippen LogP contribution in [0.5, 0.6) is 0 Å². The molecule has 1 atom stereocenters. The van der Waals surface area contributed by atoms with Crippen LogP contribution in [0, 0.1) is 9.49 Å². The van der Waals surface area contributed by atoms with E-state index in [0.717, 1.165) is 10.1 Å². The molecule has 0 radical (unpaired) electrons. The Balaban J connectivity index is 1.79. The number of anilines is 1. The van der Waals surface area contributed by atoms with Gasteiger partial charge in [-0.2, -0.15) is 0 Å². The van der Waals surface area contributed by atoms with Crippen molar-refractivity contribution in [1.82, 2.24) is 9.97 Å². The standard InChI is InChI=1S/C10H13ClIN3/c11-9(7-2-1-3-7)6-15-10-13-4-8(12)5-14-10/h4-5,7,9H,1-3,6H2,(H,13,14,15). The number of halogens is 2. The quantitative estimate of drug-likeness (QED) is 0.678. The van der Waals surface area contributed by atoms with Gasteiger partial charge in [0, 0.05) is 22.5 Å². The maximum atomic E-state index is 6.24. The van der Waals surface area contributed by atoms with Gasteiger partial charge in [-0.15, -0.1) is 11.6 Å². The second-order valence-electron chi connectivity index (χ2n) is 3.81. The Hall–Kier alpha value is -0.100. The zero-order valence-corrected chi connectivity index (χ0v) is 11.2. The molecule has 0 spiro atoms. The highest BCUT2D eigenvalue weighted by molar-refractivity contribution is 14.1. The summed E-state index contributed by atoms with van der Waals surface area (Å²) in [6.07, 6.45) is 7.45. The minimum atomic E-state index is 0.210. The second kappa shape index (κ2) is 5.30. The van der Waals surface area contributed by atoms with Gasteiger partial charge < -0.3 is 5.32 Å². The van der Waals surface area contributed by atoms with E-state index in [0.29, 0.717) is 11.9 Å². The number of rotatable bonds is 4. The van der Waals surface area contributed by atoms with Gasteiger partial charge in [0.2, 0.25) is 5.95 Å². The number of nitrogens with one attached hydrogen (secondary N) is 1. The van der Waals surface area contributed by atoms with Crippen molar-refractivity contribution < 1.29 is 0 Å². The highest BCUT2D eigenvalue weighted by Crippen LogP contribution is 2.32. The molecule has 0 bridgehead atoms. The minimum Gasteiger partial charge on any atom is -0.353 e. The summed E-state index contributed by atoms with van der Waals surface area (Å²) in [6, 6.07) is 0. The lowest BCUT2D eigenvalue weighted by Crippen LogP contribution is -2.28. The van der Waals surface area contributed by atoms with Crippen molar-refractivity contribution in [1.29, 1.82) is 0 Å². The summed E-state index contributed by atoms with van der Waals surface area (Å²) in [7, 11) is 0. The Morgan fingerprint density at radius 2 is 2.13 bits per heavy atom. The van der Waals surface area contributed by atoms with Crippen molar-refractivity contribution >= 4 is 40.1 Å². The minimum absolute atomic E-state index is 0.210. The molecular formula is C10H13ClIN3. The van der Waals surface area contributed by atoms with Crippen LogP contribution in [0.4, 0.5) is 5.95 Å². The lowest BCUT2D eigenvalue weighted by atomic mass is 9.83. The van der Waals surface area contributed by atoms with Crippen LogP contribution in [-0.4, -0.2) is 21.9 Å². The molecule has 5 heteroatoms. The monoisotopic (exact) mass is 337 g/mol. The molecule has 1 saturated carbocycles. The van der Waals surface area contributed by atoms with Crippen molar-refractivity contribution in [3.63, 3.8) is 0 Å². The first-order chi connectivity index (χ1) is 7.25. The maximum absolute atomic E-state index is 6.24. The van der Waals surface area contributed by atoms with Gasteiger partial charge in [0.25, 0.3) is 0 Å². The van der Waals surface area contributed by atoms with Crippen LogP contribution in [0.25, 0.3) is 0 Å². The zero-order valence-electron chi connectivity index (χ0n) is 8.29. The first kappa shape index (κ1) is 11.4. The van der Waals surface area contributed by atoms with Crippen molar-refractivity contribution in [2.24, 2.45) is 5.92 Å². The van der Waals surface area contributed by atoms with Crippen LogP contribution in [-0.2, 0) is 0 Å². The van der Waals surface area contributed by atoms with Gasteiger partial charge in [0.1, 0.15) is 0 Å². The van der Waals surface area contributed by atoms with E-state index in [1.54, 1.807) is 12.4 Å². The second-order valence-corrected chi connectivity index (χ2v) is 5.62. The highest BCUT2D eigenvalue weighted by atomic mass is 127. The molecule has 1 N–H and O–H groups in total.